The zero-order valence-corrected chi connectivity index (χ0v) is 21.9. The highest BCUT2D eigenvalue weighted by atomic mass is 32.1. The van der Waals surface area contributed by atoms with Crippen molar-refractivity contribution in [1.29, 1.82) is 0 Å². The molecule has 3 rings (SSSR count). The van der Waals surface area contributed by atoms with Crippen molar-refractivity contribution in [3.63, 3.8) is 0 Å². The average molecular weight is 468 g/mol. The van der Waals surface area contributed by atoms with Crippen molar-refractivity contribution in [2.24, 2.45) is 4.99 Å². The molecular formula is C25H37N7S. The number of aliphatic imine (C=N–C) groups is 1. The van der Waals surface area contributed by atoms with Crippen molar-refractivity contribution < 1.29 is 0 Å². The third-order valence-electron chi connectivity index (χ3n) is 5.55. The van der Waals surface area contributed by atoms with Crippen molar-refractivity contribution in [2.75, 3.05) is 10.6 Å². The smallest absolute Gasteiger partial charge is 0.229 e. The van der Waals surface area contributed by atoms with Crippen LogP contribution in [-0.2, 0) is 0 Å². The van der Waals surface area contributed by atoms with Gasteiger partial charge in [-0.25, -0.2) is 15.0 Å². The lowest BCUT2D eigenvalue weighted by Gasteiger charge is -2.45. The fourth-order valence-corrected chi connectivity index (χ4v) is 4.95. The van der Waals surface area contributed by atoms with E-state index in [4.69, 9.17) is 17.2 Å². The molecule has 33 heavy (non-hydrogen) atoms. The van der Waals surface area contributed by atoms with E-state index in [1.165, 1.54) is 5.56 Å². The molecule has 0 aliphatic carbocycles. The fourth-order valence-electron chi connectivity index (χ4n) is 4.74. The number of nitrogens with one attached hydrogen (secondary N) is 4. The first kappa shape index (κ1) is 25.1. The summed E-state index contributed by atoms with van der Waals surface area (Å²) in [5.41, 5.74) is 5.05. The first-order valence-corrected chi connectivity index (χ1v) is 11.8. The van der Waals surface area contributed by atoms with Gasteiger partial charge in [-0.05, 0) is 98.1 Å². The molecule has 0 radical (unpaired) electrons. The lowest BCUT2D eigenvalue weighted by Crippen LogP contribution is -2.59. The minimum atomic E-state index is -0.0186. The zero-order chi connectivity index (χ0) is 24.4. The van der Waals surface area contributed by atoms with E-state index in [9.17, 15) is 0 Å². The minimum Gasteiger partial charge on any atom is -0.332 e. The van der Waals surface area contributed by atoms with E-state index in [0.29, 0.717) is 17.0 Å². The normalized spacial score (nSPS) is 18.0. The van der Waals surface area contributed by atoms with Gasteiger partial charge in [0.15, 0.2) is 5.11 Å². The van der Waals surface area contributed by atoms with Gasteiger partial charge < -0.3 is 16.0 Å². The molecule has 8 heteroatoms. The number of benzene rings is 1. The number of rotatable bonds is 3. The summed E-state index contributed by atoms with van der Waals surface area (Å²) < 4.78 is 0. The van der Waals surface area contributed by atoms with Gasteiger partial charge in [-0.3, -0.25) is 5.32 Å². The Kier molecular flexibility index (Phi) is 7.39. The molecule has 1 aliphatic rings. The summed E-state index contributed by atoms with van der Waals surface area (Å²) >= 11 is 5.63. The molecule has 0 unspecified atom stereocenters. The average Bonchev–Trinajstić information content (AvgIpc) is 2.60. The van der Waals surface area contributed by atoms with Crippen LogP contribution in [0.25, 0.3) is 0 Å². The van der Waals surface area contributed by atoms with Crippen LogP contribution in [0.2, 0.25) is 0 Å². The van der Waals surface area contributed by atoms with Crippen LogP contribution >= 0.6 is 12.2 Å². The molecule has 1 aromatic carbocycles. The van der Waals surface area contributed by atoms with Gasteiger partial charge in [0.05, 0.1) is 6.04 Å². The van der Waals surface area contributed by atoms with Gasteiger partial charge in [0.2, 0.25) is 11.9 Å². The van der Waals surface area contributed by atoms with Crippen LogP contribution in [0.15, 0.2) is 29.3 Å². The van der Waals surface area contributed by atoms with E-state index < -0.39 is 0 Å². The van der Waals surface area contributed by atoms with E-state index in [1.807, 2.05) is 26.0 Å². The van der Waals surface area contributed by atoms with Gasteiger partial charge in [0, 0.05) is 28.2 Å². The maximum Gasteiger partial charge on any atom is 0.229 e. The minimum absolute atomic E-state index is 0.0186. The molecular weight excluding hydrogens is 430 g/mol. The lowest BCUT2D eigenvalue weighted by atomic mass is 9.80. The number of anilines is 2. The van der Waals surface area contributed by atoms with E-state index >= 15 is 0 Å². The molecule has 2 aromatic rings. The van der Waals surface area contributed by atoms with E-state index in [-0.39, 0.29) is 17.1 Å². The summed E-state index contributed by atoms with van der Waals surface area (Å²) in [6, 6.07) is 8.28. The lowest BCUT2D eigenvalue weighted by molar-refractivity contribution is 0.164. The van der Waals surface area contributed by atoms with Crippen molar-refractivity contribution in [1.82, 2.24) is 20.6 Å². The number of hydrogen-bond donors (Lipinski definition) is 4. The maximum absolute atomic E-state index is 5.63. The van der Waals surface area contributed by atoms with Crippen LogP contribution < -0.4 is 21.3 Å². The SMILES string of the molecule is Cc1ccc(NC(=S)NC(=NC2CC(C)(C)NC(C)(C)C2)Nc2nc(C)cc(C)n2)c(C)c1. The summed E-state index contributed by atoms with van der Waals surface area (Å²) in [6.45, 7) is 16.9. The molecule has 0 bridgehead atoms. The molecule has 7 nitrogen and oxygen atoms in total. The first-order valence-electron chi connectivity index (χ1n) is 11.4. The molecule has 178 valence electrons. The number of aromatic nitrogens is 2. The molecule has 1 fully saturated rings. The highest BCUT2D eigenvalue weighted by Gasteiger charge is 2.37. The van der Waals surface area contributed by atoms with Crippen LogP contribution in [0, 0.1) is 27.7 Å². The van der Waals surface area contributed by atoms with Crippen molar-refractivity contribution in [2.45, 2.75) is 85.4 Å². The molecule has 1 aromatic heterocycles. The van der Waals surface area contributed by atoms with Gasteiger partial charge >= 0.3 is 0 Å². The second kappa shape index (κ2) is 9.73. The summed E-state index contributed by atoms with van der Waals surface area (Å²) in [5, 5.41) is 14.0. The topological polar surface area (TPSA) is 86.3 Å². The summed E-state index contributed by atoms with van der Waals surface area (Å²) in [7, 11) is 0. The zero-order valence-electron chi connectivity index (χ0n) is 21.1. The third kappa shape index (κ3) is 7.47. The first-order chi connectivity index (χ1) is 15.3. The monoisotopic (exact) mass is 467 g/mol. The molecule has 4 N–H and O–H groups in total. The Bertz CT molecular complexity index is 1020. The van der Waals surface area contributed by atoms with E-state index in [1.54, 1.807) is 0 Å². The highest BCUT2D eigenvalue weighted by molar-refractivity contribution is 7.80. The maximum atomic E-state index is 5.63. The second-order valence-electron chi connectivity index (χ2n) is 10.4. The van der Waals surface area contributed by atoms with Crippen LogP contribution in [0.1, 0.15) is 63.1 Å². The molecule has 1 aliphatic heterocycles. The predicted molar refractivity (Wildman–Crippen MR) is 142 cm³/mol. The van der Waals surface area contributed by atoms with Gasteiger partial charge in [0.1, 0.15) is 0 Å². The van der Waals surface area contributed by atoms with E-state index in [0.717, 1.165) is 35.5 Å². The van der Waals surface area contributed by atoms with Crippen molar-refractivity contribution in [3.8, 4) is 0 Å². The summed E-state index contributed by atoms with van der Waals surface area (Å²) in [4.78, 5) is 14.1. The Morgan fingerprint density at radius 2 is 1.58 bits per heavy atom. The van der Waals surface area contributed by atoms with Crippen LogP contribution in [0.5, 0.6) is 0 Å². The quantitative estimate of drug-likeness (QED) is 0.294. The molecule has 0 amide bonds. The molecule has 0 saturated carbocycles. The number of nitrogens with zero attached hydrogens (tertiary/aromatic N) is 3. The standard InChI is InChI=1S/C25H37N7S/c1-15-9-10-20(16(2)11-15)29-23(33)31-22(30-21-26-17(3)12-18(4)27-21)28-19-13-24(5,6)32-25(7,8)14-19/h9-12,19,32H,13-14H2,1-8H3,(H3,26,27,28,29,30,31,33). The Morgan fingerprint density at radius 3 is 2.15 bits per heavy atom. The van der Waals surface area contributed by atoms with Crippen LogP contribution in [-0.4, -0.2) is 38.2 Å². The number of hydrogen-bond acceptors (Lipinski definition) is 5. The van der Waals surface area contributed by atoms with Gasteiger partial charge in [-0.2, -0.15) is 0 Å². The second-order valence-corrected chi connectivity index (χ2v) is 10.8. The summed E-state index contributed by atoms with van der Waals surface area (Å²) in [5.74, 6) is 1.04. The fraction of sp³-hybridized carbons (Fsp3) is 0.520. The van der Waals surface area contributed by atoms with Gasteiger partial charge in [0.25, 0.3) is 0 Å². The number of piperidine rings is 1. The number of guanidine groups is 1. The number of aryl methyl sites for hydroxylation is 4. The van der Waals surface area contributed by atoms with Crippen molar-refractivity contribution >= 4 is 34.9 Å². The van der Waals surface area contributed by atoms with E-state index in [2.05, 4.69) is 84.9 Å². The van der Waals surface area contributed by atoms with Crippen LogP contribution in [0.4, 0.5) is 11.6 Å². The van der Waals surface area contributed by atoms with Crippen LogP contribution in [0.3, 0.4) is 0 Å². The molecule has 0 spiro atoms. The Morgan fingerprint density at radius 1 is 0.970 bits per heavy atom. The molecule has 1 saturated heterocycles. The van der Waals surface area contributed by atoms with Gasteiger partial charge in [-0.1, -0.05) is 17.7 Å². The number of thiocarbonyl (C=S) groups is 1. The Balaban J connectivity index is 1.85. The third-order valence-corrected chi connectivity index (χ3v) is 5.76. The Labute approximate surface area is 203 Å². The largest absolute Gasteiger partial charge is 0.332 e. The van der Waals surface area contributed by atoms with Gasteiger partial charge in [-0.15, -0.1) is 0 Å². The molecule has 0 atom stereocenters. The predicted octanol–water partition coefficient (Wildman–Crippen LogP) is 4.77. The highest BCUT2D eigenvalue weighted by Crippen LogP contribution is 2.30. The van der Waals surface area contributed by atoms with Crippen molar-refractivity contribution in [3.05, 3.63) is 46.8 Å². The Hall–Kier alpha value is -2.58. The molecule has 2 heterocycles. The summed E-state index contributed by atoms with van der Waals surface area (Å²) in [6.07, 6.45) is 1.82.